The van der Waals surface area contributed by atoms with Crippen molar-refractivity contribution in [3.05, 3.63) is 59.4 Å². The number of halogens is 1. The van der Waals surface area contributed by atoms with E-state index in [4.69, 9.17) is 0 Å². The van der Waals surface area contributed by atoms with Gasteiger partial charge in [0.05, 0.1) is 5.69 Å². The zero-order valence-electron chi connectivity index (χ0n) is 14.2. The number of para-hydroxylation sites is 1. The number of carbonyl (C=O) groups is 2. The van der Waals surface area contributed by atoms with Gasteiger partial charge in [0.25, 0.3) is 0 Å². The van der Waals surface area contributed by atoms with Crippen molar-refractivity contribution < 1.29 is 14.0 Å². The highest BCUT2D eigenvalue weighted by atomic mass is 19.1. The maximum Gasteiger partial charge on any atom is 0.248 e. The molecule has 132 valence electrons. The normalized spacial score (nSPS) is 10.6. The van der Waals surface area contributed by atoms with Crippen LogP contribution in [0.25, 0.3) is 11.4 Å². The summed E-state index contributed by atoms with van der Waals surface area (Å²) >= 11 is 0. The number of rotatable bonds is 5. The van der Waals surface area contributed by atoms with E-state index < -0.39 is 5.91 Å². The van der Waals surface area contributed by atoms with Crippen LogP contribution in [0.5, 0.6) is 0 Å². The Bertz CT molecular complexity index is 983. The molecule has 1 amide bonds. The summed E-state index contributed by atoms with van der Waals surface area (Å²) < 4.78 is 13.3. The van der Waals surface area contributed by atoms with Crippen molar-refractivity contribution in [3.8, 4) is 11.4 Å². The number of aromatic nitrogens is 4. The molecule has 3 rings (SSSR count). The van der Waals surface area contributed by atoms with E-state index in [2.05, 4.69) is 20.7 Å². The highest BCUT2D eigenvalue weighted by Crippen LogP contribution is 2.18. The van der Waals surface area contributed by atoms with E-state index in [1.807, 2.05) is 0 Å². The number of carbonyl (C=O) groups excluding carboxylic acids is 2. The summed E-state index contributed by atoms with van der Waals surface area (Å²) in [6.07, 6.45) is 0. The third kappa shape index (κ3) is 3.80. The maximum absolute atomic E-state index is 13.3. The molecule has 0 bridgehead atoms. The van der Waals surface area contributed by atoms with E-state index in [0.29, 0.717) is 28.2 Å². The molecular formula is C18H16FN5O2. The molecule has 0 aliphatic rings. The van der Waals surface area contributed by atoms with Gasteiger partial charge in [0.15, 0.2) is 5.78 Å². The van der Waals surface area contributed by atoms with Crippen LogP contribution in [-0.4, -0.2) is 31.9 Å². The van der Waals surface area contributed by atoms with Crippen molar-refractivity contribution in [2.75, 3.05) is 5.32 Å². The zero-order chi connectivity index (χ0) is 18.7. The summed E-state index contributed by atoms with van der Waals surface area (Å²) in [6, 6.07) is 11.2. The Kier molecular flexibility index (Phi) is 4.83. The largest absolute Gasteiger partial charge is 0.324 e. The number of ketones is 1. The van der Waals surface area contributed by atoms with E-state index >= 15 is 0 Å². The second-order valence-corrected chi connectivity index (χ2v) is 5.76. The molecule has 0 saturated carbocycles. The predicted molar refractivity (Wildman–Crippen MR) is 93.0 cm³/mol. The first-order valence-corrected chi connectivity index (χ1v) is 7.88. The van der Waals surface area contributed by atoms with Gasteiger partial charge < -0.3 is 5.32 Å². The molecule has 0 unspecified atom stereocenters. The Morgan fingerprint density at radius 3 is 2.69 bits per heavy atom. The first kappa shape index (κ1) is 17.4. The van der Waals surface area contributed by atoms with Gasteiger partial charge in [0.1, 0.15) is 12.4 Å². The Morgan fingerprint density at radius 1 is 1.19 bits per heavy atom. The molecule has 0 radical (unpaired) electrons. The molecule has 3 aromatic rings. The molecule has 0 fully saturated rings. The number of hydrogen-bond acceptors (Lipinski definition) is 5. The quantitative estimate of drug-likeness (QED) is 0.712. The number of nitrogens with zero attached hydrogens (tertiary/aromatic N) is 4. The van der Waals surface area contributed by atoms with Gasteiger partial charge >= 0.3 is 0 Å². The Hall–Kier alpha value is -3.42. The Labute approximate surface area is 148 Å². The smallest absolute Gasteiger partial charge is 0.248 e. The summed E-state index contributed by atoms with van der Waals surface area (Å²) in [5, 5.41) is 14.5. The molecule has 1 N–H and O–H groups in total. The van der Waals surface area contributed by atoms with Crippen LogP contribution in [0.1, 0.15) is 22.8 Å². The molecule has 0 atom stereocenters. The summed E-state index contributed by atoms with van der Waals surface area (Å²) in [5.41, 5.74) is 1.93. The number of nitrogens with one attached hydrogen (secondary N) is 1. The van der Waals surface area contributed by atoms with Gasteiger partial charge in [-0.1, -0.05) is 12.1 Å². The number of benzene rings is 2. The van der Waals surface area contributed by atoms with Crippen molar-refractivity contribution in [1.29, 1.82) is 0 Å². The summed E-state index contributed by atoms with van der Waals surface area (Å²) in [4.78, 5) is 24.9. The number of tetrazole rings is 1. The first-order chi connectivity index (χ1) is 12.4. The molecule has 0 saturated heterocycles. The van der Waals surface area contributed by atoms with E-state index in [9.17, 15) is 14.0 Å². The standard InChI is InChI=1S/C18H16FN5O2/c1-11-9-13(7-8-15(11)19)18-21-23-24(22-18)10-17(26)20-16-6-4-3-5-14(16)12(2)25/h3-9H,10H2,1-2H3,(H,20,26). The molecule has 1 heterocycles. The number of Topliss-reactive ketones (excluding diaryl/α,β-unsaturated/α-hetero) is 1. The molecule has 0 aliphatic heterocycles. The van der Waals surface area contributed by atoms with Gasteiger partial charge in [-0.25, -0.2) is 4.39 Å². The summed E-state index contributed by atoms with van der Waals surface area (Å²) in [5.74, 6) is -0.554. The van der Waals surface area contributed by atoms with Gasteiger partial charge in [-0.05, 0) is 55.0 Å². The molecule has 2 aromatic carbocycles. The number of anilines is 1. The van der Waals surface area contributed by atoms with Gasteiger partial charge in [0.2, 0.25) is 11.7 Å². The number of hydrogen-bond donors (Lipinski definition) is 1. The van der Waals surface area contributed by atoms with Crippen LogP contribution < -0.4 is 5.32 Å². The van der Waals surface area contributed by atoms with Crippen LogP contribution >= 0.6 is 0 Å². The van der Waals surface area contributed by atoms with Crippen molar-refractivity contribution in [2.45, 2.75) is 20.4 Å². The van der Waals surface area contributed by atoms with Crippen LogP contribution in [0.3, 0.4) is 0 Å². The van der Waals surface area contributed by atoms with Crippen LogP contribution in [-0.2, 0) is 11.3 Å². The lowest BCUT2D eigenvalue weighted by atomic mass is 10.1. The fourth-order valence-electron chi connectivity index (χ4n) is 2.43. The second kappa shape index (κ2) is 7.22. The minimum absolute atomic E-state index is 0.145. The predicted octanol–water partition coefficient (Wildman–Crippen LogP) is 2.63. The van der Waals surface area contributed by atoms with E-state index in [0.717, 1.165) is 4.80 Å². The van der Waals surface area contributed by atoms with Crippen LogP contribution in [0.15, 0.2) is 42.5 Å². The van der Waals surface area contributed by atoms with Crippen molar-refractivity contribution in [1.82, 2.24) is 20.2 Å². The molecule has 0 spiro atoms. The lowest BCUT2D eigenvalue weighted by Crippen LogP contribution is -2.21. The molecular weight excluding hydrogens is 337 g/mol. The lowest BCUT2D eigenvalue weighted by molar-refractivity contribution is -0.117. The highest BCUT2D eigenvalue weighted by molar-refractivity contribution is 6.03. The van der Waals surface area contributed by atoms with Crippen molar-refractivity contribution >= 4 is 17.4 Å². The monoisotopic (exact) mass is 353 g/mol. The van der Waals surface area contributed by atoms with Crippen LogP contribution in [0.4, 0.5) is 10.1 Å². The highest BCUT2D eigenvalue weighted by Gasteiger charge is 2.13. The molecule has 1 aromatic heterocycles. The van der Waals surface area contributed by atoms with Gasteiger partial charge in [-0.3, -0.25) is 9.59 Å². The van der Waals surface area contributed by atoms with Gasteiger partial charge in [-0.2, -0.15) is 4.80 Å². The third-order valence-electron chi connectivity index (χ3n) is 3.73. The van der Waals surface area contributed by atoms with E-state index in [1.54, 1.807) is 43.3 Å². The van der Waals surface area contributed by atoms with Crippen molar-refractivity contribution in [2.24, 2.45) is 0 Å². The maximum atomic E-state index is 13.3. The molecule has 0 aliphatic carbocycles. The number of aryl methyl sites for hydroxylation is 1. The van der Waals surface area contributed by atoms with E-state index in [1.165, 1.54) is 13.0 Å². The minimum Gasteiger partial charge on any atom is -0.324 e. The van der Waals surface area contributed by atoms with Crippen molar-refractivity contribution in [3.63, 3.8) is 0 Å². The summed E-state index contributed by atoms with van der Waals surface area (Å²) in [6.45, 7) is 2.91. The third-order valence-corrected chi connectivity index (χ3v) is 3.73. The Morgan fingerprint density at radius 2 is 1.96 bits per heavy atom. The zero-order valence-corrected chi connectivity index (χ0v) is 14.2. The van der Waals surface area contributed by atoms with Crippen LogP contribution in [0.2, 0.25) is 0 Å². The fraction of sp³-hybridized carbons (Fsp3) is 0.167. The fourth-order valence-corrected chi connectivity index (χ4v) is 2.43. The SMILES string of the molecule is CC(=O)c1ccccc1NC(=O)Cn1nnc(-c2ccc(F)c(C)c2)n1. The van der Waals surface area contributed by atoms with Gasteiger partial charge in [-0.15, -0.1) is 10.2 Å². The lowest BCUT2D eigenvalue weighted by Gasteiger charge is -2.08. The van der Waals surface area contributed by atoms with Crippen LogP contribution in [0, 0.1) is 12.7 Å². The number of amides is 1. The topological polar surface area (TPSA) is 89.8 Å². The van der Waals surface area contributed by atoms with Gasteiger partial charge in [0, 0.05) is 11.1 Å². The Balaban J connectivity index is 1.72. The van der Waals surface area contributed by atoms with E-state index in [-0.39, 0.29) is 18.1 Å². The minimum atomic E-state index is -0.391. The molecule has 26 heavy (non-hydrogen) atoms. The average molecular weight is 353 g/mol. The second-order valence-electron chi connectivity index (χ2n) is 5.76. The molecule has 7 nitrogen and oxygen atoms in total. The summed E-state index contributed by atoms with van der Waals surface area (Å²) in [7, 11) is 0. The average Bonchev–Trinajstić information content (AvgIpc) is 3.06. The molecule has 8 heteroatoms. The first-order valence-electron chi connectivity index (χ1n) is 7.88.